The molecule has 1 aromatic heterocycles. The van der Waals surface area contributed by atoms with Crippen molar-refractivity contribution in [2.24, 2.45) is 5.73 Å². The van der Waals surface area contributed by atoms with Crippen LogP contribution in [0, 0.1) is 13.8 Å². The number of aromatic hydroxyl groups is 1. The van der Waals surface area contributed by atoms with Crippen molar-refractivity contribution in [3.8, 4) is 16.9 Å². The maximum atomic E-state index is 12.5. The van der Waals surface area contributed by atoms with E-state index < -0.39 is 0 Å². The molecule has 4 N–H and O–H groups in total. The standard InChI is InChI=1S/C24H28N2O2S/c1-14-12-19(27)20(21-18(8-11-29)15(2)23(28)26-22(14)21)16-4-6-17(7-5-16)24(13-25)9-3-10-24/h4-7,12,27,29H,3,8-11,13,25H2,1-2H3,(H,26,28). The summed E-state index contributed by atoms with van der Waals surface area (Å²) in [7, 11) is 0. The van der Waals surface area contributed by atoms with Gasteiger partial charge in [-0.15, -0.1) is 0 Å². The number of phenolic OH excluding ortho intramolecular Hbond substituents is 1. The van der Waals surface area contributed by atoms with Crippen LogP contribution in [0.4, 0.5) is 0 Å². The third-order valence-electron chi connectivity index (χ3n) is 6.69. The van der Waals surface area contributed by atoms with E-state index in [4.69, 9.17) is 5.73 Å². The molecular weight excluding hydrogens is 380 g/mol. The number of benzene rings is 2. The van der Waals surface area contributed by atoms with E-state index in [1.807, 2.05) is 13.8 Å². The SMILES string of the molecule is Cc1c(CCS)c2c(-c3ccc(C4(CN)CCC4)cc3)c(O)cc(C)c2[nH]c1=O. The molecular formula is C24H28N2O2S. The molecule has 0 bridgehead atoms. The van der Waals surface area contributed by atoms with Crippen LogP contribution in [0.2, 0.25) is 0 Å². The molecule has 1 aliphatic rings. The van der Waals surface area contributed by atoms with Crippen molar-refractivity contribution in [1.29, 1.82) is 0 Å². The number of pyridine rings is 1. The highest BCUT2D eigenvalue weighted by Gasteiger charge is 2.37. The van der Waals surface area contributed by atoms with Gasteiger partial charge in [-0.25, -0.2) is 0 Å². The van der Waals surface area contributed by atoms with Crippen LogP contribution in [0.15, 0.2) is 35.1 Å². The van der Waals surface area contributed by atoms with E-state index in [9.17, 15) is 9.90 Å². The van der Waals surface area contributed by atoms with E-state index >= 15 is 0 Å². The number of rotatable bonds is 5. The van der Waals surface area contributed by atoms with Gasteiger partial charge < -0.3 is 15.8 Å². The number of nitrogens with two attached hydrogens (primary N) is 1. The molecule has 0 radical (unpaired) electrons. The lowest BCUT2D eigenvalue weighted by atomic mass is 9.64. The van der Waals surface area contributed by atoms with Crippen LogP contribution >= 0.6 is 12.6 Å². The molecule has 4 nitrogen and oxygen atoms in total. The van der Waals surface area contributed by atoms with Gasteiger partial charge in [0.25, 0.3) is 5.56 Å². The van der Waals surface area contributed by atoms with Gasteiger partial charge in [0.05, 0.1) is 5.52 Å². The minimum Gasteiger partial charge on any atom is -0.507 e. The Balaban J connectivity index is 1.96. The predicted molar refractivity (Wildman–Crippen MR) is 123 cm³/mol. The molecule has 1 saturated carbocycles. The molecule has 29 heavy (non-hydrogen) atoms. The molecule has 3 aromatic rings. The number of thiol groups is 1. The summed E-state index contributed by atoms with van der Waals surface area (Å²) in [6.07, 6.45) is 4.16. The Labute approximate surface area is 176 Å². The fourth-order valence-corrected chi connectivity index (χ4v) is 4.94. The van der Waals surface area contributed by atoms with Gasteiger partial charge in [-0.05, 0) is 67.2 Å². The number of phenols is 1. The number of aryl methyl sites for hydroxylation is 2. The van der Waals surface area contributed by atoms with Crippen LogP contribution in [0.25, 0.3) is 22.0 Å². The van der Waals surface area contributed by atoms with E-state index in [1.165, 1.54) is 12.0 Å². The summed E-state index contributed by atoms with van der Waals surface area (Å²) in [5, 5.41) is 11.8. The normalized spacial score (nSPS) is 15.4. The molecule has 1 aliphatic carbocycles. The minimum absolute atomic E-state index is 0.0840. The van der Waals surface area contributed by atoms with Crippen molar-refractivity contribution in [1.82, 2.24) is 4.98 Å². The van der Waals surface area contributed by atoms with E-state index in [-0.39, 0.29) is 16.7 Å². The van der Waals surface area contributed by atoms with Gasteiger partial charge in [-0.2, -0.15) is 12.6 Å². The van der Waals surface area contributed by atoms with Gasteiger partial charge in [0.15, 0.2) is 0 Å². The second-order valence-electron chi connectivity index (χ2n) is 8.28. The zero-order valence-electron chi connectivity index (χ0n) is 17.0. The van der Waals surface area contributed by atoms with Crippen LogP contribution in [0.5, 0.6) is 5.75 Å². The Kier molecular flexibility index (Phi) is 5.21. The average Bonchev–Trinajstić information content (AvgIpc) is 2.67. The smallest absolute Gasteiger partial charge is 0.251 e. The van der Waals surface area contributed by atoms with Gasteiger partial charge in [-0.3, -0.25) is 4.79 Å². The predicted octanol–water partition coefficient (Wildman–Crippen LogP) is 4.37. The van der Waals surface area contributed by atoms with Crippen molar-refractivity contribution in [2.75, 3.05) is 12.3 Å². The van der Waals surface area contributed by atoms with Gasteiger partial charge >= 0.3 is 0 Å². The van der Waals surface area contributed by atoms with Crippen molar-refractivity contribution < 1.29 is 5.11 Å². The number of aromatic nitrogens is 1. The minimum atomic E-state index is -0.0840. The van der Waals surface area contributed by atoms with Gasteiger partial charge in [0, 0.05) is 28.5 Å². The zero-order valence-corrected chi connectivity index (χ0v) is 17.9. The molecule has 5 heteroatoms. The maximum Gasteiger partial charge on any atom is 0.251 e. The fraction of sp³-hybridized carbons (Fsp3) is 0.375. The largest absolute Gasteiger partial charge is 0.507 e. The third-order valence-corrected chi connectivity index (χ3v) is 6.91. The number of nitrogens with one attached hydrogen (secondary N) is 1. The lowest BCUT2D eigenvalue weighted by Gasteiger charge is -2.41. The summed E-state index contributed by atoms with van der Waals surface area (Å²) in [5.41, 5.74) is 12.3. The summed E-state index contributed by atoms with van der Waals surface area (Å²) in [6, 6.07) is 10.2. The Morgan fingerprint density at radius 1 is 1.21 bits per heavy atom. The third kappa shape index (κ3) is 3.17. The van der Waals surface area contributed by atoms with E-state index in [2.05, 4.69) is 41.9 Å². The number of hydrogen-bond donors (Lipinski definition) is 4. The molecule has 2 aromatic carbocycles. The zero-order chi connectivity index (χ0) is 20.8. The van der Waals surface area contributed by atoms with Crippen LogP contribution < -0.4 is 11.3 Å². The monoisotopic (exact) mass is 408 g/mol. The summed E-state index contributed by atoms with van der Waals surface area (Å²) < 4.78 is 0. The molecule has 0 amide bonds. The first-order chi connectivity index (χ1) is 13.9. The van der Waals surface area contributed by atoms with Gasteiger partial charge in [-0.1, -0.05) is 30.7 Å². The first-order valence-electron chi connectivity index (χ1n) is 10.2. The van der Waals surface area contributed by atoms with Crippen molar-refractivity contribution in [3.05, 3.63) is 62.9 Å². The van der Waals surface area contributed by atoms with Crippen LogP contribution in [-0.4, -0.2) is 22.4 Å². The molecule has 4 rings (SSSR count). The number of fused-ring (bicyclic) bond motifs is 1. The second-order valence-corrected chi connectivity index (χ2v) is 8.73. The van der Waals surface area contributed by atoms with Crippen molar-refractivity contribution in [3.63, 3.8) is 0 Å². The summed E-state index contributed by atoms with van der Waals surface area (Å²) in [4.78, 5) is 15.5. The van der Waals surface area contributed by atoms with Crippen molar-refractivity contribution in [2.45, 2.75) is 44.9 Å². The fourth-order valence-electron chi connectivity index (χ4n) is 4.72. The van der Waals surface area contributed by atoms with Gasteiger partial charge in [0.1, 0.15) is 5.75 Å². The molecule has 0 atom stereocenters. The highest BCUT2D eigenvalue weighted by atomic mass is 32.1. The van der Waals surface area contributed by atoms with Crippen LogP contribution in [0.3, 0.4) is 0 Å². The van der Waals surface area contributed by atoms with E-state index in [0.29, 0.717) is 24.3 Å². The molecule has 0 spiro atoms. The van der Waals surface area contributed by atoms with E-state index in [1.54, 1.807) is 6.07 Å². The number of H-pyrrole nitrogens is 1. The lowest BCUT2D eigenvalue weighted by molar-refractivity contribution is 0.253. The Hall–Kier alpha value is -2.24. The molecule has 0 saturated heterocycles. The topological polar surface area (TPSA) is 79.1 Å². The highest BCUT2D eigenvalue weighted by molar-refractivity contribution is 7.80. The number of hydrogen-bond acceptors (Lipinski definition) is 4. The lowest BCUT2D eigenvalue weighted by Crippen LogP contribution is -2.41. The van der Waals surface area contributed by atoms with Crippen LogP contribution in [0.1, 0.15) is 41.5 Å². The van der Waals surface area contributed by atoms with Crippen LogP contribution in [-0.2, 0) is 11.8 Å². The molecule has 1 heterocycles. The van der Waals surface area contributed by atoms with Gasteiger partial charge in [0.2, 0.25) is 0 Å². The molecule has 0 aliphatic heterocycles. The first-order valence-corrected chi connectivity index (χ1v) is 10.8. The molecule has 152 valence electrons. The Bertz CT molecular complexity index is 1120. The summed E-state index contributed by atoms with van der Waals surface area (Å²) >= 11 is 4.40. The van der Waals surface area contributed by atoms with E-state index in [0.717, 1.165) is 46.0 Å². The maximum absolute atomic E-state index is 12.5. The Morgan fingerprint density at radius 3 is 2.45 bits per heavy atom. The Morgan fingerprint density at radius 2 is 1.90 bits per heavy atom. The molecule has 1 fully saturated rings. The quantitative estimate of drug-likeness (QED) is 0.473. The average molecular weight is 409 g/mol. The van der Waals surface area contributed by atoms with Crippen molar-refractivity contribution >= 4 is 23.5 Å². The summed E-state index contributed by atoms with van der Waals surface area (Å²) in [5.74, 6) is 0.859. The highest BCUT2D eigenvalue weighted by Crippen LogP contribution is 2.44. The molecule has 0 unspecified atom stereocenters. The summed E-state index contributed by atoms with van der Waals surface area (Å²) in [6.45, 7) is 4.41. The second kappa shape index (κ2) is 7.54. The first kappa shape index (κ1) is 20.0. The number of aromatic amines is 1.